The van der Waals surface area contributed by atoms with Gasteiger partial charge in [0.25, 0.3) is 0 Å². The molecule has 17 heavy (non-hydrogen) atoms. The van der Waals surface area contributed by atoms with Crippen LogP contribution >= 0.6 is 0 Å². The third-order valence-corrected chi connectivity index (χ3v) is 3.46. The molecule has 5 heteroatoms. The van der Waals surface area contributed by atoms with E-state index in [9.17, 15) is 0 Å². The van der Waals surface area contributed by atoms with Crippen molar-refractivity contribution < 1.29 is 9.26 Å². The molecule has 0 radical (unpaired) electrons. The number of aromatic nitrogens is 2. The fraction of sp³-hybridized carbons (Fsp3) is 0.833. The zero-order valence-electron chi connectivity index (χ0n) is 10.6. The molecular weight excluding hydrogens is 218 g/mol. The second-order valence-electron chi connectivity index (χ2n) is 4.80. The average Bonchev–Trinajstić information content (AvgIpc) is 2.99. The van der Waals surface area contributed by atoms with Gasteiger partial charge in [0.1, 0.15) is 0 Å². The second kappa shape index (κ2) is 5.60. The summed E-state index contributed by atoms with van der Waals surface area (Å²) in [6, 6.07) is -0.161. The highest BCUT2D eigenvalue weighted by molar-refractivity contribution is 4.95. The van der Waals surface area contributed by atoms with Gasteiger partial charge in [-0.05, 0) is 18.8 Å². The first-order chi connectivity index (χ1) is 8.20. The molecule has 1 saturated heterocycles. The zero-order chi connectivity index (χ0) is 12.3. The summed E-state index contributed by atoms with van der Waals surface area (Å²) < 4.78 is 10.8. The molecule has 0 spiro atoms. The van der Waals surface area contributed by atoms with E-state index in [0.29, 0.717) is 17.6 Å². The molecule has 0 aliphatic carbocycles. The van der Waals surface area contributed by atoms with E-state index in [1.807, 2.05) is 0 Å². The summed E-state index contributed by atoms with van der Waals surface area (Å²) in [6.07, 6.45) is 4.20. The van der Waals surface area contributed by atoms with Gasteiger partial charge in [-0.1, -0.05) is 25.4 Å². The Hall–Kier alpha value is -0.940. The number of hydrogen-bond acceptors (Lipinski definition) is 5. The van der Waals surface area contributed by atoms with Crippen molar-refractivity contribution in [2.75, 3.05) is 6.61 Å². The molecule has 3 atom stereocenters. The Balaban J connectivity index is 1.95. The molecule has 2 heterocycles. The van der Waals surface area contributed by atoms with Crippen molar-refractivity contribution in [2.24, 2.45) is 11.7 Å². The first-order valence-corrected chi connectivity index (χ1v) is 6.40. The van der Waals surface area contributed by atoms with E-state index in [-0.39, 0.29) is 12.1 Å². The highest BCUT2D eigenvalue weighted by atomic mass is 16.5. The van der Waals surface area contributed by atoms with Crippen molar-refractivity contribution in [3.05, 3.63) is 11.7 Å². The molecular formula is C12H21N3O2. The van der Waals surface area contributed by atoms with Crippen LogP contribution in [0, 0.1) is 5.92 Å². The van der Waals surface area contributed by atoms with Crippen LogP contribution < -0.4 is 5.73 Å². The molecule has 2 N–H and O–H groups in total. The first kappa shape index (κ1) is 12.5. The second-order valence-corrected chi connectivity index (χ2v) is 4.80. The Morgan fingerprint density at radius 2 is 2.35 bits per heavy atom. The van der Waals surface area contributed by atoms with Gasteiger partial charge in [-0.2, -0.15) is 4.98 Å². The third-order valence-electron chi connectivity index (χ3n) is 3.46. The van der Waals surface area contributed by atoms with Crippen molar-refractivity contribution in [1.29, 1.82) is 0 Å². The molecule has 1 aliphatic rings. The molecule has 1 aromatic heterocycles. The Kier molecular flexibility index (Phi) is 4.12. The van der Waals surface area contributed by atoms with Gasteiger partial charge in [0.05, 0.1) is 12.1 Å². The molecule has 3 unspecified atom stereocenters. The quantitative estimate of drug-likeness (QED) is 0.848. The van der Waals surface area contributed by atoms with Crippen molar-refractivity contribution >= 4 is 0 Å². The summed E-state index contributed by atoms with van der Waals surface area (Å²) in [5.74, 6) is 1.61. The lowest BCUT2D eigenvalue weighted by atomic mass is 10.0. The topological polar surface area (TPSA) is 74.2 Å². The molecule has 1 aliphatic heterocycles. The minimum Gasteiger partial charge on any atom is -0.378 e. The van der Waals surface area contributed by atoms with Crippen molar-refractivity contribution in [3.8, 4) is 0 Å². The van der Waals surface area contributed by atoms with Crippen LogP contribution in [-0.2, 0) is 11.2 Å². The molecule has 0 bridgehead atoms. The normalized spacial score (nSPS) is 23.8. The third kappa shape index (κ3) is 3.04. The molecule has 1 aromatic rings. The maximum atomic E-state index is 6.04. The number of nitrogens with zero attached hydrogens (tertiary/aromatic N) is 2. The lowest BCUT2D eigenvalue weighted by Gasteiger charge is -2.13. The van der Waals surface area contributed by atoms with Gasteiger partial charge in [-0.25, -0.2) is 0 Å². The van der Waals surface area contributed by atoms with Gasteiger partial charge >= 0.3 is 0 Å². The Bertz CT molecular complexity index is 347. The van der Waals surface area contributed by atoms with Crippen molar-refractivity contribution in [3.63, 3.8) is 0 Å². The van der Waals surface area contributed by atoms with E-state index in [0.717, 1.165) is 32.3 Å². The molecule has 0 saturated carbocycles. The zero-order valence-corrected chi connectivity index (χ0v) is 10.6. The van der Waals surface area contributed by atoms with E-state index in [1.54, 1.807) is 0 Å². The molecule has 0 aromatic carbocycles. The molecule has 5 nitrogen and oxygen atoms in total. The van der Waals surface area contributed by atoms with Crippen LogP contribution in [0.5, 0.6) is 0 Å². The highest BCUT2D eigenvalue weighted by Gasteiger charge is 2.22. The van der Waals surface area contributed by atoms with Crippen LogP contribution in [0.15, 0.2) is 4.52 Å². The maximum Gasteiger partial charge on any atom is 0.243 e. The summed E-state index contributed by atoms with van der Waals surface area (Å²) >= 11 is 0. The predicted octanol–water partition coefficient (Wildman–Crippen LogP) is 1.84. The smallest absolute Gasteiger partial charge is 0.243 e. The van der Waals surface area contributed by atoms with E-state index in [2.05, 4.69) is 24.0 Å². The van der Waals surface area contributed by atoms with Crippen LogP contribution in [0.25, 0.3) is 0 Å². The maximum absolute atomic E-state index is 6.04. The SMILES string of the molecule is CCC(C)C(N)c1nc(CC2CCCO2)no1. The molecule has 2 rings (SSSR count). The van der Waals surface area contributed by atoms with Crippen molar-refractivity contribution in [1.82, 2.24) is 10.1 Å². The summed E-state index contributed by atoms with van der Waals surface area (Å²) in [6.45, 7) is 5.05. The monoisotopic (exact) mass is 239 g/mol. The van der Waals surface area contributed by atoms with E-state index >= 15 is 0 Å². The standard InChI is InChI=1S/C12H21N3O2/c1-3-8(2)11(13)12-14-10(15-17-12)7-9-5-4-6-16-9/h8-9,11H,3-7,13H2,1-2H3. The van der Waals surface area contributed by atoms with Crippen LogP contribution in [0.3, 0.4) is 0 Å². The van der Waals surface area contributed by atoms with E-state index in [1.165, 1.54) is 0 Å². The largest absolute Gasteiger partial charge is 0.378 e. The molecule has 96 valence electrons. The van der Waals surface area contributed by atoms with Gasteiger partial charge in [0.15, 0.2) is 5.82 Å². The summed E-state index contributed by atoms with van der Waals surface area (Å²) in [7, 11) is 0. The van der Waals surface area contributed by atoms with Crippen LogP contribution in [0.2, 0.25) is 0 Å². The Morgan fingerprint density at radius 1 is 1.53 bits per heavy atom. The summed E-state index contributed by atoms with van der Waals surface area (Å²) in [5.41, 5.74) is 6.04. The van der Waals surface area contributed by atoms with Gasteiger partial charge in [0, 0.05) is 13.0 Å². The van der Waals surface area contributed by atoms with Crippen LogP contribution in [0.1, 0.15) is 50.9 Å². The molecule has 1 fully saturated rings. The first-order valence-electron chi connectivity index (χ1n) is 6.40. The minimum absolute atomic E-state index is 0.161. The average molecular weight is 239 g/mol. The Labute approximate surface area is 102 Å². The Morgan fingerprint density at radius 3 is 3.00 bits per heavy atom. The van der Waals surface area contributed by atoms with Crippen molar-refractivity contribution in [2.45, 2.75) is 51.7 Å². The lowest BCUT2D eigenvalue weighted by Crippen LogP contribution is -2.19. The van der Waals surface area contributed by atoms with Crippen LogP contribution in [0.4, 0.5) is 0 Å². The number of hydrogen-bond donors (Lipinski definition) is 1. The van der Waals surface area contributed by atoms with Gasteiger partial charge in [0.2, 0.25) is 5.89 Å². The highest BCUT2D eigenvalue weighted by Crippen LogP contribution is 2.21. The predicted molar refractivity (Wildman–Crippen MR) is 63.4 cm³/mol. The summed E-state index contributed by atoms with van der Waals surface area (Å²) in [5, 5.41) is 3.97. The van der Waals surface area contributed by atoms with E-state index in [4.69, 9.17) is 15.0 Å². The fourth-order valence-electron chi connectivity index (χ4n) is 1.99. The molecule has 0 amide bonds. The summed E-state index contributed by atoms with van der Waals surface area (Å²) in [4.78, 5) is 4.36. The number of ether oxygens (including phenoxy) is 1. The fourth-order valence-corrected chi connectivity index (χ4v) is 1.99. The lowest BCUT2D eigenvalue weighted by molar-refractivity contribution is 0.109. The van der Waals surface area contributed by atoms with E-state index < -0.39 is 0 Å². The van der Waals surface area contributed by atoms with Gasteiger partial charge in [-0.3, -0.25) is 0 Å². The van der Waals surface area contributed by atoms with Gasteiger partial charge in [-0.15, -0.1) is 0 Å². The minimum atomic E-state index is -0.161. The number of nitrogens with two attached hydrogens (primary N) is 1. The van der Waals surface area contributed by atoms with Gasteiger partial charge < -0.3 is 15.0 Å². The van der Waals surface area contributed by atoms with Crippen LogP contribution in [-0.4, -0.2) is 22.9 Å². The number of rotatable bonds is 5.